The van der Waals surface area contributed by atoms with E-state index in [0.717, 1.165) is 0 Å². The molecule has 0 radical (unpaired) electrons. The van der Waals surface area contributed by atoms with E-state index in [2.05, 4.69) is 4.98 Å². The molecule has 0 N–H and O–H groups in total. The number of imidazole rings is 1. The van der Waals surface area contributed by atoms with E-state index in [-0.39, 0.29) is 23.7 Å². The molecule has 0 saturated heterocycles. The van der Waals surface area contributed by atoms with Crippen molar-refractivity contribution in [2.45, 2.75) is 6.54 Å². The maximum Gasteiger partial charge on any atom is 0.256 e. The Hall–Kier alpha value is -2.50. The second-order valence-corrected chi connectivity index (χ2v) is 4.39. The molecule has 0 spiro atoms. The van der Waals surface area contributed by atoms with E-state index < -0.39 is 5.82 Å². The van der Waals surface area contributed by atoms with Gasteiger partial charge in [0.15, 0.2) is 6.29 Å². The van der Waals surface area contributed by atoms with Crippen LogP contribution in [0.1, 0.15) is 26.5 Å². The summed E-state index contributed by atoms with van der Waals surface area (Å²) >= 11 is 0. The third-order valence-corrected chi connectivity index (χ3v) is 3.19. The van der Waals surface area contributed by atoms with Crippen molar-refractivity contribution in [1.82, 2.24) is 14.5 Å². The van der Waals surface area contributed by atoms with Gasteiger partial charge in [-0.25, -0.2) is 9.37 Å². The molecule has 5 nitrogen and oxygen atoms in total. The number of carbonyl (C=O) groups is 2. The molecule has 96 valence electrons. The summed E-state index contributed by atoms with van der Waals surface area (Å²) in [6.45, 7) is 0.253. The van der Waals surface area contributed by atoms with Crippen molar-refractivity contribution in [2.75, 3.05) is 7.05 Å². The van der Waals surface area contributed by atoms with Crippen LogP contribution in [0.5, 0.6) is 0 Å². The van der Waals surface area contributed by atoms with Gasteiger partial charge in [0, 0.05) is 7.05 Å². The second kappa shape index (κ2) is 4.01. The lowest BCUT2D eigenvalue weighted by Gasteiger charge is -2.13. The molecule has 1 aromatic carbocycles. The summed E-state index contributed by atoms with van der Waals surface area (Å²) in [5, 5.41) is 0. The van der Waals surface area contributed by atoms with Crippen LogP contribution in [-0.2, 0) is 6.54 Å². The number of hydrogen-bond donors (Lipinski definition) is 0. The van der Waals surface area contributed by atoms with E-state index in [1.807, 2.05) is 0 Å². The van der Waals surface area contributed by atoms with Gasteiger partial charge < -0.3 is 4.90 Å². The van der Waals surface area contributed by atoms with Gasteiger partial charge >= 0.3 is 0 Å². The third-order valence-electron chi connectivity index (χ3n) is 3.19. The molecular formula is C13H10FN3O2. The van der Waals surface area contributed by atoms with Gasteiger partial charge in [-0.2, -0.15) is 0 Å². The number of rotatable bonds is 1. The maximum atomic E-state index is 13.3. The molecular weight excluding hydrogens is 249 g/mol. The summed E-state index contributed by atoms with van der Waals surface area (Å²) in [7, 11) is 1.61. The molecule has 0 saturated carbocycles. The molecule has 1 aromatic heterocycles. The lowest BCUT2D eigenvalue weighted by Crippen LogP contribution is -2.25. The van der Waals surface area contributed by atoms with Crippen molar-refractivity contribution in [3.63, 3.8) is 0 Å². The Balaban J connectivity index is 2.32. The number of benzene rings is 1. The molecule has 3 rings (SSSR count). The molecule has 1 aliphatic heterocycles. The lowest BCUT2D eigenvalue weighted by atomic mass is 10.1. The third kappa shape index (κ3) is 1.64. The molecule has 0 atom stereocenters. The van der Waals surface area contributed by atoms with Crippen LogP contribution in [0.3, 0.4) is 0 Å². The number of aromatic nitrogens is 2. The number of carbonyl (C=O) groups excluding carboxylic acids is 2. The first-order valence-corrected chi connectivity index (χ1v) is 5.68. The Morgan fingerprint density at radius 2 is 2.21 bits per heavy atom. The van der Waals surface area contributed by atoms with Crippen molar-refractivity contribution in [3.8, 4) is 5.69 Å². The average molecular weight is 259 g/mol. The van der Waals surface area contributed by atoms with Crippen LogP contribution in [0.4, 0.5) is 4.39 Å². The molecule has 2 heterocycles. The minimum absolute atomic E-state index is 0.253. The van der Waals surface area contributed by atoms with Gasteiger partial charge in [-0.05, 0) is 18.2 Å². The second-order valence-electron chi connectivity index (χ2n) is 4.39. The molecule has 19 heavy (non-hydrogen) atoms. The summed E-state index contributed by atoms with van der Waals surface area (Å²) < 4.78 is 15.0. The fourth-order valence-corrected chi connectivity index (χ4v) is 2.24. The Bertz CT molecular complexity index is 693. The highest BCUT2D eigenvalue weighted by Gasteiger charge is 2.26. The first kappa shape index (κ1) is 11.6. The van der Waals surface area contributed by atoms with Crippen LogP contribution >= 0.6 is 0 Å². The molecule has 1 aliphatic rings. The Labute approximate surface area is 108 Å². The van der Waals surface area contributed by atoms with E-state index in [9.17, 15) is 14.0 Å². The molecule has 2 aromatic rings. The molecule has 0 unspecified atom stereocenters. The van der Waals surface area contributed by atoms with Crippen molar-refractivity contribution in [1.29, 1.82) is 0 Å². The van der Waals surface area contributed by atoms with Gasteiger partial charge in [0.2, 0.25) is 0 Å². The zero-order valence-electron chi connectivity index (χ0n) is 10.1. The summed E-state index contributed by atoms with van der Waals surface area (Å²) in [5.74, 6) is -0.755. The molecule has 0 fully saturated rings. The predicted molar refractivity (Wildman–Crippen MR) is 64.7 cm³/mol. The maximum absolute atomic E-state index is 13.3. The topological polar surface area (TPSA) is 55.2 Å². The fourth-order valence-electron chi connectivity index (χ4n) is 2.24. The van der Waals surface area contributed by atoms with Gasteiger partial charge in [0.1, 0.15) is 17.8 Å². The zero-order chi connectivity index (χ0) is 13.6. The Morgan fingerprint density at radius 3 is 2.95 bits per heavy atom. The summed E-state index contributed by atoms with van der Waals surface area (Å²) in [6.07, 6.45) is 2.13. The number of amides is 1. The van der Waals surface area contributed by atoms with Crippen LogP contribution in [0.2, 0.25) is 0 Å². The lowest BCUT2D eigenvalue weighted by molar-refractivity contribution is 0.0786. The van der Waals surface area contributed by atoms with Crippen molar-refractivity contribution < 1.29 is 14.0 Å². The number of fused-ring (bicyclic) bond motifs is 3. The van der Waals surface area contributed by atoms with Crippen molar-refractivity contribution in [2.24, 2.45) is 0 Å². The Kier molecular flexibility index (Phi) is 2.45. The SMILES string of the molecule is CN1Cc2c(C=O)ncn2-c2ccc(F)cc2C1=O. The van der Waals surface area contributed by atoms with Gasteiger partial charge in [-0.1, -0.05) is 0 Å². The first-order chi connectivity index (χ1) is 9.11. The van der Waals surface area contributed by atoms with E-state index in [1.165, 1.54) is 29.4 Å². The fraction of sp³-hybridized carbons (Fsp3) is 0.154. The standard InChI is InChI=1S/C13H10FN3O2/c1-16-5-12-10(6-18)15-7-17(12)11-3-2-8(14)4-9(11)13(16)19/h2-4,6-7H,5H2,1H3. The van der Waals surface area contributed by atoms with E-state index in [1.54, 1.807) is 11.6 Å². The summed E-state index contributed by atoms with van der Waals surface area (Å²) in [6, 6.07) is 3.99. The number of nitrogens with zero attached hydrogens (tertiary/aromatic N) is 3. The van der Waals surface area contributed by atoms with Gasteiger partial charge in [-0.15, -0.1) is 0 Å². The zero-order valence-corrected chi connectivity index (χ0v) is 10.1. The number of halogens is 1. The molecule has 1 amide bonds. The highest BCUT2D eigenvalue weighted by Crippen LogP contribution is 2.25. The van der Waals surface area contributed by atoms with Crippen molar-refractivity contribution in [3.05, 3.63) is 47.3 Å². The van der Waals surface area contributed by atoms with Crippen LogP contribution in [0.25, 0.3) is 5.69 Å². The molecule has 6 heteroatoms. The normalized spacial score (nSPS) is 13.8. The molecule has 0 aliphatic carbocycles. The minimum Gasteiger partial charge on any atom is -0.336 e. The van der Waals surface area contributed by atoms with Crippen LogP contribution in [-0.4, -0.2) is 33.7 Å². The number of aldehydes is 1. The van der Waals surface area contributed by atoms with Gasteiger partial charge in [0.25, 0.3) is 5.91 Å². The van der Waals surface area contributed by atoms with E-state index >= 15 is 0 Å². The van der Waals surface area contributed by atoms with E-state index in [4.69, 9.17) is 0 Å². The minimum atomic E-state index is -0.473. The number of hydrogen-bond acceptors (Lipinski definition) is 3. The quantitative estimate of drug-likeness (QED) is 0.727. The molecule has 0 bridgehead atoms. The van der Waals surface area contributed by atoms with Gasteiger partial charge in [-0.3, -0.25) is 14.2 Å². The van der Waals surface area contributed by atoms with Gasteiger partial charge in [0.05, 0.1) is 23.5 Å². The monoisotopic (exact) mass is 259 g/mol. The Morgan fingerprint density at radius 1 is 1.42 bits per heavy atom. The highest BCUT2D eigenvalue weighted by molar-refractivity contribution is 5.98. The van der Waals surface area contributed by atoms with Crippen LogP contribution in [0, 0.1) is 5.82 Å². The summed E-state index contributed by atoms with van der Waals surface area (Å²) in [4.78, 5) is 28.6. The highest BCUT2D eigenvalue weighted by atomic mass is 19.1. The van der Waals surface area contributed by atoms with Crippen molar-refractivity contribution >= 4 is 12.2 Å². The van der Waals surface area contributed by atoms with E-state index in [0.29, 0.717) is 17.7 Å². The summed E-state index contributed by atoms with van der Waals surface area (Å²) in [5.41, 5.74) is 1.70. The van der Waals surface area contributed by atoms with Crippen LogP contribution in [0.15, 0.2) is 24.5 Å². The average Bonchev–Trinajstić information content (AvgIpc) is 2.76. The smallest absolute Gasteiger partial charge is 0.256 e. The first-order valence-electron chi connectivity index (χ1n) is 5.68. The predicted octanol–water partition coefficient (Wildman–Crippen LogP) is 1.41. The largest absolute Gasteiger partial charge is 0.336 e. The van der Waals surface area contributed by atoms with Crippen LogP contribution < -0.4 is 0 Å².